The molecule has 2 aromatic heterocycles. The number of nitrogens with one attached hydrogen (secondary N) is 2. The van der Waals surface area contributed by atoms with Crippen LogP contribution in [0.4, 0.5) is 0 Å². The lowest BCUT2D eigenvalue weighted by Crippen LogP contribution is -2.35. The van der Waals surface area contributed by atoms with E-state index in [2.05, 4.69) is 98.4 Å². The molecular weight excluding hydrogens is 392 g/mol. The third-order valence-electron chi connectivity index (χ3n) is 7.77. The number of rotatable bonds is 4. The molecule has 0 amide bonds. The quantitative estimate of drug-likeness (QED) is 0.532. The highest BCUT2D eigenvalue weighted by molar-refractivity contribution is 6.22. The van der Waals surface area contributed by atoms with Crippen LogP contribution in [0.3, 0.4) is 0 Å². The van der Waals surface area contributed by atoms with Crippen molar-refractivity contribution in [3.8, 4) is 0 Å². The highest BCUT2D eigenvalue weighted by atomic mass is 14.9. The van der Waals surface area contributed by atoms with Crippen molar-refractivity contribution in [2.45, 2.75) is 58.8 Å². The fourth-order valence-corrected chi connectivity index (χ4v) is 5.58. The van der Waals surface area contributed by atoms with Crippen molar-refractivity contribution >= 4 is 23.6 Å². The predicted octanol–water partition coefficient (Wildman–Crippen LogP) is 6.97. The molecular formula is C28H32N4. The first kappa shape index (κ1) is 20.7. The van der Waals surface area contributed by atoms with Crippen LogP contribution in [0, 0.1) is 5.41 Å². The Morgan fingerprint density at radius 3 is 1.44 bits per heavy atom. The second-order valence-corrected chi connectivity index (χ2v) is 9.03. The van der Waals surface area contributed by atoms with Gasteiger partial charge in [-0.05, 0) is 86.4 Å². The van der Waals surface area contributed by atoms with E-state index < -0.39 is 0 Å². The summed E-state index contributed by atoms with van der Waals surface area (Å²) in [6.45, 7) is 9.01. The van der Waals surface area contributed by atoms with Gasteiger partial charge < -0.3 is 9.97 Å². The number of fused-ring (bicyclic) bond motifs is 6. The Morgan fingerprint density at radius 2 is 1.03 bits per heavy atom. The maximum Gasteiger partial charge on any atom is 0.0654 e. The molecule has 0 aromatic carbocycles. The molecule has 8 bridgehead atoms. The van der Waals surface area contributed by atoms with E-state index in [-0.39, 0.29) is 10.8 Å². The van der Waals surface area contributed by atoms with Crippen LogP contribution in [-0.2, 0) is 5.41 Å². The molecule has 0 saturated heterocycles. The lowest BCUT2D eigenvalue weighted by atomic mass is 9.73. The molecule has 0 spiro atoms. The maximum absolute atomic E-state index is 5.06. The molecule has 4 nitrogen and oxygen atoms in total. The topological polar surface area (TPSA) is 56.3 Å². The zero-order valence-corrected chi connectivity index (χ0v) is 19.5. The predicted molar refractivity (Wildman–Crippen MR) is 135 cm³/mol. The Hall–Kier alpha value is -3.14. The second-order valence-electron chi connectivity index (χ2n) is 9.03. The SMILES string of the molecule is CCC1(CC)C2=N/C(=C\c3ccc([nH]3)C(CC)(CC)c3ccc([nH]3)/C=C3/C=CC1=N3)C=C2. The summed E-state index contributed by atoms with van der Waals surface area (Å²) in [4.78, 5) is 17.5. The Morgan fingerprint density at radius 1 is 0.594 bits per heavy atom. The third kappa shape index (κ3) is 3.04. The molecule has 0 atom stereocenters. The molecule has 0 unspecified atom stereocenters. The Labute approximate surface area is 190 Å². The molecule has 4 heteroatoms. The fourth-order valence-electron chi connectivity index (χ4n) is 5.58. The average Bonchev–Trinajstić information content (AvgIpc) is 3.61. The molecule has 3 aliphatic heterocycles. The lowest BCUT2D eigenvalue weighted by Gasteiger charge is -2.30. The number of nitrogens with zero attached hydrogens (tertiary/aromatic N) is 2. The van der Waals surface area contributed by atoms with Crippen molar-refractivity contribution in [3.05, 3.63) is 82.7 Å². The van der Waals surface area contributed by atoms with Gasteiger partial charge in [-0.3, -0.25) is 9.98 Å². The van der Waals surface area contributed by atoms with Crippen molar-refractivity contribution < 1.29 is 0 Å². The van der Waals surface area contributed by atoms with E-state index in [9.17, 15) is 0 Å². The average molecular weight is 425 g/mol. The van der Waals surface area contributed by atoms with Crippen LogP contribution in [0.5, 0.6) is 0 Å². The molecule has 3 aliphatic rings. The third-order valence-corrected chi connectivity index (χ3v) is 7.77. The zero-order valence-electron chi connectivity index (χ0n) is 19.5. The number of H-pyrrole nitrogens is 2. The molecule has 5 heterocycles. The van der Waals surface area contributed by atoms with Gasteiger partial charge in [0.05, 0.1) is 28.2 Å². The van der Waals surface area contributed by atoms with Gasteiger partial charge in [0, 0.05) is 28.2 Å². The van der Waals surface area contributed by atoms with Gasteiger partial charge in [-0.15, -0.1) is 0 Å². The molecule has 0 fully saturated rings. The molecule has 5 rings (SSSR count). The zero-order chi connectivity index (χ0) is 22.3. The van der Waals surface area contributed by atoms with Crippen LogP contribution in [-0.4, -0.2) is 21.4 Å². The van der Waals surface area contributed by atoms with Crippen LogP contribution in [0.1, 0.15) is 76.2 Å². The largest absolute Gasteiger partial charge is 0.358 e. The van der Waals surface area contributed by atoms with Crippen molar-refractivity contribution in [1.29, 1.82) is 0 Å². The maximum atomic E-state index is 5.06. The minimum absolute atomic E-state index is 0.0793. The van der Waals surface area contributed by atoms with Crippen molar-refractivity contribution in [1.82, 2.24) is 9.97 Å². The van der Waals surface area contributed by atoms with Crippen LogP contribution >= 0.6 is 0 Å². The van der Waals surface area contributed by atoms with Gasteiger partial charge in [0.1, 0.15) is 0 Å². The summed E-state index contributed by atoms with van der Waals surface area (Å²) >= 11 is 0. The molecule has 0 aliphatic carbocycles. The second kappa shape index (κ2) is 7.77. The van der Waals surface area contributed by atoms with Crippen LogP contribution < -0.4 is 0 Å². The molecule has 2 aromatic rings. The summed E-state index contributed by atoms with van der Waals surface area (Å²) in [6.07, 6.45) is 16.9. The Kier molecular flexibility index (Phi) is 5.04. The number of allylic oxidation sites excluding steroid dienone is 4. The van der Waals surface area contributed by atoms with E-state index in [0.29, 0.717) is 0 Å². The monoisotopic (exact) mass is 424 g/mol. The van der Waals surface area contributed by atoms with E-state index in [4.69, 9.17) is 9.98 Å². The summed E-state index contributed by atoms with van der Waals surface area (Å²) in [6, 6.07) is 8.82. The highest BCUT2D eigenvalue weighted by Gasteiger charge is 2.38. The minimum atomic E-state index is -0.170. The smallest absolute Gasteiger partial charge is 0.0654 e. The summed E-state index contributed by atoms with van der Waals surface area (Å²) in [5.41, 5.74) is 8.61. The lowest BCUT2D eigenvalue weighted by molar-refractivity contribution is 0.455. The molecule has 164 valence electrons. The number of aromatic amines is 2. The molecule has 0 saturated carbocycles. The van der Waals surface area contributed by atoms with Crippen molar-refractivity contribution in [3.63, 3.8) is 0 Å². The van der Waals surface area contributed by atoms with Crippen LogP contribution in [0.2, 0.25) is 0 Å². The highest BCUT2D eigenvalue weighted by Crippen LogP contribution is 2.40. The summed E-state index contributed by atoms with van der Waals surface area (Å²) in [5.74, 6) is 0. The van der Waals surface area contributed by atoms with Crippen molar-refractivity contribution in [2.24, 2.45) is 15.4 Å². The van der Waals surface area contributed by atoms with Gasteiger partial charge in [0.15, 0.2) is 0 Å². The first-order chi connectivity index (χ1) is 15.6. The van der Waals surface area contributed by atoms with Crippen molar-refractivity contribution in [2.75, 3.05) is 0 Å². The molecule has 0 radical (unpaired) electrons. The minimum Gasteiger partial charge on any atom is -0.358 e. The standard InChI is InChI=1S/C28H32N4/c1-5-27(6-2)23-13-9-19(29-23)17-21-11-15-25(31-21)28(7-3,8-4)26-16-12-22(32-26)18-20-10-14-24(27)30-20/h9-18,29-30H,5-8H2,1-4H3/b21-17-,22-18-. The van der Waals surface area contributed by atoms with Gasteiger partial charge in [-0.1, -0.05) is 27.7 Å². The van der Waals surface area contributed by atoms with E-state index in [1.165, 1.54) is 11.4 Å². The molecule has 32 heavy (non-hydrogen) atoms. The Balaban J connectivity index is 1.73. The van der Waals surface area contributed by atoms with Gasteiger partial charge in [-0.25, -0.2) is 0 Å². The van der Waals surface area contributed by atoms with E-state index >= 15 is 0 Å². The summed E-state index contributed by atoms with van der Waals surface area (Å²) in [7, 11) is 0. The summed E-state index contributed by atoms with van der Waals surface area (Å²) in [5, 5.41) is 0. The fraction of sp³-hybridized carbons (Fsp3) is 0.357. The van der Waals surface area contributed by atoms with E-state index in [0.717, 1.165) is 59.9 Å². The number of hydrogen-bond acceptors (Lipinski definition) is 2. The van der Waals surface area contributed by atoms with E-state index in [1.807, 2.05) is 0 Å². The molecule has 2 N–H and O–H groups in total. The normalized spacial score (nSPS) is 23.4. The number of hydrogen-bond donors (Lipinski definition) is 2. The van der Waals surface area contributed by atoms with Gasteiger partial charge >= 0.3 is 0 Å². The number of aliphatic imine (C=N–C) groups is 2. The van der Waals surface area contributed by atoms with Crippen LogP contribution in [0.25, 0.3) is 12.2 Å². The Bertz CT molecular complexity index is 1130. The number of aromatic nitrogens is 2. The van der Waals surface area contributed by atoms with Crippen LogP contribution in [0.15, 0.2) is 69.9 Å². The van der Waals surface area contributed by atoms with Gasteiger partial charge in [0.25, 0.3) is 0 Å². The van der Waals surface area contributed by atoms with Gasteiger partial charge in [0.2, 0.25) is 0 Å². The van der Waals surface area contributed by atoms with E-state index in [1.54, 1.807) is 0 Å². The summed E-state index contributed by atoms with van der Waals surface area (Å²) < 4.78 is 0. The van der Waals surface area contributed by atoms with Gasteiger partial charge in [-0.2, -0.15) is 0 Å². The first-order valence-electron chi connectivity index (χ1n) is 11.9. The first-order valence-corrected chi connectivity index (χ1v) is 11.9.